The van der Waals surface area contributed by atoms with Crippen LogP contribution in [0.4, 0.5) is 0 Å². The van der Waals surface area contributed by atoms with E-state index < -0.39 is 0 Å². The van der Waals surface area contributed by atoms with Crippen LogP contribution in [0.25, 0.3) is 0 Å². The fourth-order valence-corrected chi connectivity index (χ4v) is 3.53. The summed E-state index contributed by atoms with van der Waals surface area (Å²) in [6.07, 6.45) is 2.87. The normalized spacial score (nSPS) is 15.6. The highest BCUT2D eigenvalue weighted by molar-refractivity contribution is 14.0. The van der Waals surface area contributed by atoms with Crippen molar-refractivity contribution < 1.29 is 9.53 Å². The molecule has 0 saturated carbocycles. The summed E-state index contributed by atoms with van der Waals surface area (Å²) in [5.41, 5.74) is 1.19. The molecule has 0 radical (unpaired) electrons. The number of ether oxygens (including phenoxy) is 1. The Labute approximate surface area is 192 Å². The van der Waals surface area contributed by atoms with Gasteiger partial charge in [0.15, 0.2) is 5.96 Å². The van der Waals surface area contributed by atoms with E-state index >= 15 is 0 Å². The summed E-state index contributed by atoms with van der Waals surface area (Å²) in [6.45, 7) is 7.36. The molecular formula is C21H36IN5O2. The standard InChI is InChI=1S/C21H35N5O2.HI/c1-16(2)25-20(27)11-12-23-21(22-3)24-15-18(26-13-7-8-14-26)17-9-5-6-10-19(17)28-4;/h5-6,9-10,16,18H,7-8,11-15H2,1-4H3,(H,25,27)(H2,22,23,24);1H. The molecule has 2 rings (SSSR count). The maximum Gasteiger partial charge on any atom is 0.221 e. The van der Waals surface area contributed by atoms with Crippen LogP contribution in [0.1, 0.15) is 44.7 Å². The van der Waals surface area contributed by atoms with Gasteiger partial charge in [0, 0.05) is 38.2 Å². The predicted octanol–water partition coefficient (Wildman–Crippen LogP) is 2.53. The number of para-hydroxylation sites is 1. The lowest BCUT2D eigenvalue weighted by atomic mass is 10.0. The number of nitrogens with zero attached hydrogens (tertiary/aromatic N) is 2. The van der Waals surface area contributed by atoms with Gasteiger partial charge < -0.3 is 20.7 Å². The molecule has 0 bridgehead atoms. The molecular weight excluding hydrogens is 481 g/mol. The lowest BCUT2D eigenvalue weighted by Gasteiger charge is -2.30. The molecule has 164 valence electrons. The van der Waals surface area contributed by atoms with Crippen molar-refractivity contribution in [3.8, 4) is 5.75 Å². The van der Waals surface area contributed by atoms with Gasteiger partial charge in [-0.15, -0.1) is 24.0 Å². The van der Waals surface area contributed by atoms with Crippen molar-refractivity contribution in [2.75, 3.05) is 40.3 Å². The summed E-state index contributed by atoms with van der Waals surface area (Å²) in [7, 11) is 3.47. The largest absolute Gasteiger partial charge is 0.496 e. The van der Waals surface area contributed by atoms with Crippen molar-refractivity contribution in [2.45, 2.75) is 45.2 Å². The first-order chi connectivity index (χ1) is 13.5. The van der Waals surface area contributed by atoms with E-state index in [1.165, 1.54) is 18.4 Å². The number of hydrogen-bond acceptors (Lipinski definition) is 4. The number of benzene rings is 1. The van der Waals surface area contributed by atoms with E-state index in [9.17, 15) is 4.79 Å². The Morgan fingerprint density at radius 1 is 1.21 bits per heavy atom. The number of carbonyl (C=O) groups is 1. The number of nitrogens with one attached hydrogen (secondary N) is 3. The van der Waals surface area contributed by atoms with Crippen LogP contribution in [-0.4, -0.2) is 63.1 Å². The number of amides is 1. The van der Waals surface area contributed by atoms with Gasteiger partial charge >= 0.3 is 0 Å². The van der Waals surface area contributed by atoms with Crippen LogP contribution < -0.4 is 20.7 Å². The van der Waals surface area contributed by atoms with Gasteiger partial charge in [0.1, 0.15) is 5.75 Å². The molecule has 1 fully saturated rings. The fraction of sp³-hybridized carbons (Fsp3) is 0.619. The van der Waals surface area contributed by atoms with Crippen LogP contribution in [0.5, 0.6) is 5.75 Å². The van der Waals surface area contributed by atoms with E-state index in [1.807, 2.05) is 26.0 Å². The first-order valence-electron chi connectivity index (χ1n) is 10.2. The molecule has 1 saturated heterocycles. The summed E-state index contributed by atoms with van der Waals surface area (Å²) in [6, 6.07) is 8.57. The molecule has 1 unspecified atom stereocenters. The number of aliphatic imine (C=N–C) groups is 1. The van der Waals surface area contributed by atoms with E-state index in [4.69, 9.17) is 4.74 Å². The van der Waals surface area contributed by atoms with Crippen molar-refractivity contribution in [1.82, 2.24) is 20.9 Å². The maximum absolute atomic E-state index is 11.8. The van der Waals surface area contributed by atoms with Crippen molar-refractivity contribution in [1.29, 1.82) is 0 Å². The van der Waals surface area contributed by atoms with Crippen molar-refractivity contribution in [3.63, 3.8) is 0 Å². The molecule has 1 aromatic rings. The Morgan fingerprint density at radius 2 is 1.90 bits per heavy atom. The average Bonchev–Trinajstić information content (AvgIpc) is 3.21. The zero-order valence-corrected chi connectivity index (χ0v) is 20.4. The highest BCUT2D eigenvalue weighted by Gasteiger charge is 2.26. The molecule has 29 heavy (non-hydrogen) atoms. The number of carbonyl (C=O) groups excluding carboxylic acids is 1. The average molecular weight is 517 g/mol. The minimum atomic E-state index is 0. The van der Waals surface area contributed by atoms with Crippen molar-refractivity contribution >= 4 is 35.8 Å². The number of hydrogen-bond donors (Lipinski definition) is 3. The minimum absolute atomic E-state index is 0. The SMILES string of the molecule is CN=C(NCCC(=O)NC(C)C)NCC(c1ccccc1OC)N1CCCC1.I. The highest BCUT2D eigenvalue weighted by Crippen LogP contribution is 2.31. The van der Waals surface area contributed by atoms with Crippen LogP contribution in [-0.2, 0) is 4.79 Å². The van der Waals surface area contributed by atoms with Gasteiger partial charge in [-0.25, -0.2) is 0 Å². The van der Waals surface area contributed by atoms with E-state index in [1.54, 1.807) is 14.2 Å². The topological polar surface area (TPSA) is 78.0 Å². The van der Waals surface area contributed by atoms with Crippen LogP contribution in [0, 0.1) is 0 Å². The Morgan fingerprint density at radius 3 is 2.52 bits per heavy atom. The Kier molecular flexibility index (Phi) is 12.0. The third-order valence-electron chi connectivity index (χ3n) is 4.86. The van der Waals surface area contributed by atoms with Gasteiger partial charge in [0.05, 0.1) is 13.2 Å². The summed E-state index contributed by atoms with van der Waals surface area (Å²) in [4.78, 5) is 18.6. The van der Waals surface area contributed by atoms with Crippen molar-refractivity contribution in [3.05, 3.63) is 29.8 Å². The van der Waals surface area contributed by atoms with Gasteiger partial charge in [-0.3, -0.25) is 14.7 Å². The first kappa shape index (κ1) is 25.5. The second-order valence-electron chi connectivity index (χ2n) is 7.35. The van der Waals surface area contributed by atoms with Gasteiger partial charge in [0.25, 0.3) is 0 Å². The van der Waals surface area contributed by atoms with Crippen LogP contribution in [0.15, 0.2) is 29.3 Å². The van der Waals surface area contributed by atoms with E-state index in [0.717, 1.165) is 25.4 Å². The molecule has 8 heteroatoms. The monoisotopic (exact) mass is 517 g/mol. The Balaban J connectivity index is 0.00000420. The molecule has 0 spiro atoms. The molecule has 0 aliphatic carbocycles. The molecule has 1 aliphatic rings. The molecule has 1 aliphatic heterocycles. The number of rotatable bonds is 9. The minimum Gasteiger partial charge on any atom is -0.496 e. The Bertz CT molecular complexity index is 648. The second-order valence-corrected chi connectivity index (χ2v) is 7.35. The molecule has 0 aromatic heterocycles. The summed E-state index contributed by atoms with van der Waals surface area (Å²) in [5.74, 6) is 1.66. The van der Waals surface area contributed by atoms with Crippen LogP contribution in [0.2, 0.25) is 0 Å². The summed E-state index contributed by atoms with van der Waals surface area (Å²) >= 11 is 0. The fourth-order valence-electron chi connectivity index (χ4n) is 3.53. The lowest BCUT2D eigenvalue weighted by Crippen LogP contribution is -2.43. The predicted molar refractivity (Wildman–Crippen MR) is 129 cm³/mol. The van der Waals surface area contributed by atoms with E-state index in [2.05, 4.69) is 38.0 Å². The van der Waals surface area contributed by atoms with Gasteiger partial charge in [-0.1, -0.05) is 18.2 Å². The zero-order chi connectivity index (χ0) is 20.4. The lowest BCUT2D eigenvalue weighted by molar-refractivity contribution is -0.121. The third-order valence-corrected chi connectivity index (χ3v) is 4.86. The zero-order valence-electron chi connectivity index (χ0n) is 18.0. The van der Waals surface area contributed by atoms with E-state index in [-0.39, 0.29) is 42.0 Å². The third kappa shape index (κ3) is 8.38. The van der Waals surface area contributed by atoms with Crippen LogP contribution in [0.3, 0.4) is 0 Å². The molecule has 3 N–H and O–H groups in total. The molecule has 1 atom stereocenters. The van der Waals surface area contributed by atoms with Gasteiger partial charge in [0.2, 0.25) is 5.91 Å². The number of guanidine groups is 1. The second kappa shape index (κ2) is 13.6. The highest BCUT2D eigenvalue weighted by atomic mass is 127. The smallest absolute Gasteiger partial charge is 0.221 e. The summed E-state index contributed by atoms with van der Waals surface area (Å²) < 4.78 is 5.60. The first-order valence-corrected chi connectivity index (χ1v) is 10.2. The summed E-state index contributed by atoms with van der Waals surface area (Å²) in [5, 5.41) is 9.54. The van der Waals surface area contributed by atoms with Gasteiger partial charge in [-0.05, 0) is 45.8 Å². The number of likely N-dealkylation sites (tertiary alicyclic amines) is 1. The molecule has 1 amide bonds. The van der Waals surface area contributed by atoms with Gasteiger partial charge in [-0.2, -0.15) is 0 Å². The number of methoxy groups -OCH3 is 1. The molecule has 7 nitrogen and oxygen atoms in total. The molecule has 1 aromatic carbocycles. The van der Waals surface area contributed by atoms with Crippen LogP contribution >= 0.6 is 24.0 Å². The molecule has 1 heterocycles. The maximum atomic E-state index is 11.8. The number of halogens is 1. The van der Waals surface area contributed by atoms with E-state index in [0.29, 0.717) is 18.9 Å². The Hall–Kier alpha value is -1.55. The quantitative estimate of drug-likeness (QED) is 0.267. The van der Waals surface area contributed by atoms with Crippen molar-refractivity contribution in [2.24, 2.45) is 4.99 Å².